The molecule has 32 heavy (non-hydrogen) atoms. The second kappa shape index (κ2) is 10.6. The standard InChI is InChI=1S/C24H21BrN2O5/c1-3-5-13-31-19-9-7-18(8-10-19)27-23(29)20(22(28)26-24(27)30)15-16-14-17(25)6-11-21(16)32-12-4-2/h2,6-11,14-15H,3,5,12-13H2,1H3,(H,26,28,30)/b20-15-. The van der Waals surface area contributed by atoms with Crippen molar-refractivity contribution in [3.8, 4) is 23.8 Å². The molecule has 8 heteroatoms. The molecule has 4 amide bonds. The summed E-state index contributed by atoms with van der Waals surface area (Å²) in [5.41, 5.74) is 0.561. The van der Waals surface area contributed by atoms with Gasteiger partial charge >= 0.3 is 6.03 Å². The van der Waals surface area contributed by atoms with E-state index in [9.17, 15) is 14.4 Å². The van der Waals surface area contributed by atoms with Gasteiger partial charge in [-0.15, -0.1) is 6.42 Å². The number of nitrogens with one attached hydrogen (secondary N) is 1. The third kappa shape index (κ3) is 5.37. The lowest BCUT2D eigenvalue weighted by atomic mass is 10.1. The molecule has 0 bridgehead atoms. The van der Waals surface area contributed by atoms with E-state index in [1.54, 1.807) is 42.5 Å². The molecule has 2 aromatic carbocycles. The van der Waals surface area contributed by atoms with Crippen LogP contribution in [0.25, 0.3) is 6.08 Å². The first-order valence-corrected chi connectivity index (χ1v) is 10.7. The summed E-state index contributed by atoms with van der Waals surface area (Å²) in [4.78, 5) is 38.9. The predicted molar refractivity (Wildman–Crippen MR) is 124 cm³/mol. The number of urea groups is 1. The van der Waals surface area contributed by atoms with E-state index in [-0.39, 0.29) is 12.2 Å². The Labute approximate surface area is 194 Å². The van der Waals surface area contributed by atoms with E-state index in [1.807, 2.05) is 0 Å². The van der Waals surface area contributed by atoms with Gasteiger partial charge in [-0.05, 0) is 55.0 Å². The summed E-state index contributed by atoms with van der Waals surface area (Å²) >= 11 is 3.36. The van der Waals surface area contributed by atoms with Gasteiger partial charge in [-0.1, -0.05) is 35.2 Å². The molecule has 0 atom stereocenters. The first-order chi connectivity index (χ1) is 15.4. The van der Waals surface area contributed by atoms with Gasteiger partial charge < -0.3 is 9.47 Å². The first kappa shape index (κ1) is 23.1. The fraction of sp³-hybridized carbons (Fsp3) is 0.208. The molecule has 0 aromatic heterocycles. The SMILES string of the molecule is C#CCOc1ccc(Br)cc1/C=C1/C(=O)NC(=O)N(c2ccc(OCCCC)cc2)C1=O. The number of imide groups is 2. The minimum absolute atomic E-state index is 0.0231. The van der Waals surface area contributed by atoms with Gasteiger partial charge in [0, 0.05) is 10.0 Å². The van der Waals surface area contributed by atoms with Gasteiger partial charge in [0.15, 0.2) is 0 Å². The van der Waals surface area contributed by atoms with Gasteiger partial charge in [0.2, 0.25) is 0 Å². The number of hydrogen-bond acceptors (Lipinski definition) is 5. The van der Waals surface area contributed by atoms with Crippen molar-refractivity contribution in [1.82, 2.24) is 5.32 Å². The van der Waals surface area contributed by atoms with E-state index >= 15 is 0 Å². The molecule has 2 aromatic rings. The fourth-order valence-electron chi connectivity index (χ4n) is 2.96. The number of unbranched alkanes of at least 4 members (excludes halogenated alkanes) is 1. The highest BCUT2D eigenvalue weighted by Crippen LogP contribution is 2.28. The second-order valence-electron chi connectivity index (χ2n) is 6.83. The molecular weight excluding hydrogens is 476 g/mol. The monoisotopic (exact) mass is 496 g/mol. The van der Waals surface area contributed by atoms with Crippen molar-refractivity contribution in [3.63, 3.8) is 0 Å². The molecule has 1 N–H and O–H groups in total. The number of barbiturate groups is 1. The maximum absolute atomic E-state index is 13.1. The molecule has 164 valence electrons. The average Bonchev–Trinajstić information content (AvgIpc) is 2.77. The van der Waals surface area contributed by atoms with Crippen LogP contribution >= 0.6 is 15.9 Å². The smallest absolute Gasteiger partial charge is 0.335 e. The number of carbonyl (C=O) groups is 3. The normalized spacial score (nSPS) is 14.8. The van der Waals surface area contributed by atoms with Crippen LogP contribution in [0.3, 0.4) is 0 Å². The Morgan fingerprint density at radius 3 is 2.56 bits per heavy atom. The Hall–Kier alpha value is -3.57. The molecule has 1 aliphatic rings. The summed E-state index contributed by atoms with van der Waals surface area (Å²) in [6, 6.07) is 10.8. The minimum atomic E-state index is -0.824. The van der Waals surface area contributed by atoms with Crippen LogP contribution in [-0.4, -0.2) is 31.1 Å². The minimum Gasteiger partial charge on any atom is -0.494 e. The molecule has 1 heterocycles. The lowest BCUT2D eigenvalue weighted by Gasteiger charge is -2.26. The predicted octanol–water partition coefficient (Wildman–Crippen LogP) is 4.31. The van der Waals surface area contributed by atoms with Gasteiger partial charge in [-0.2, -0.15) is 0 Å². The lowest BCUT2D eigenvalue weighted by molar-refractivity contribution is -0.122. The zero-order valence-electron chi connectivity index (χ0n) is 17.4. The van der Waals surface area contributed by atoms with Gasteiger partial charge in [-0.25, -0.2) is 9.69 Å². The molecular formula is C24H21BrN2O5. The highest BCUT2D eigenvalue weighted by molar-refractivity contribution is 9.10. The van der Waals surface area contributed by atoms with Crippen LogP contribution in [0.4, 0.5) is 10.5 Å². The summed E-state index contributed by atoms with van der Waals surface area (Å²) in [5.74, 6) is 1.86. The van der Waals surface area contributed by atoms with E-state index in [0.717, 1.165) is 17.7 Å². The molecule has 1 aliphatic heterocycles. The van der Waals surface area contributed by atoms with Crippen molar-refractivity contribution >= 4 is 45.5 Å². The van der Waals surface area contributed by atoms with Crippen LogP contribution in [0.1, 0.15) is 25.3 Å². The third-order valence-corrected chi connectivity index (χ3v) is 5.04. The number of rotatable bonds is 8. The number of terminal acetylenes is 1. The Balaban J connectivity index is 1.91. The van der Waals surface area contributed by atoms with Gasteiger partial charge in [0.1, 0.15) is 23.7 Å². The number of halogens is 1. The number of nitrogens with zero attached hydrogens (tertiary/aromatic N) is 1. The van der Waals surface area contributed by atoms with Crippen LogP contribution in [0.2, 0.25) is 0 Å². The van der Waals surface area contributed by atoms with E-state index in [0.29, 0.717) is 33.8 Å². The summed E-state index contributed by atoms with van der Waals surface area (Å²) < 4.78 is 11.8. The fourth-order valence-corrected chi connectivity index (χ4v) is 3.34. The van der Waals surface area contributed by atoms with Crippen molar-refractivity contribution in [2.45, 2.75) is 19.8 Å². The number of anilines is 1. The van der Waals surface area contributed by atoms with Crippen molar-refractivity contribution in [1.29, 1.82) is 0 Å². The van der Waals surface area contributed by atoms with Crippen molar-refractivity contribution in [2.24, 2.45) is 0 Å². The van der Waals surface area contributed by atoms with E-state index < -0.39 is 17.8 Å². The molecule has 3 rings (SSSR count). The van der Waals surface area contributed by atoms with Crippen LogP contribution in [0, 0.1) is 12.3 Å². The van der Waals surface area contributed by atoms with E-state index in [2.05, 4.69) is 34.1 Å². The third-order valence-electron chi connectivity index (χ3n) is 4.55. The van der Waals surface area contributed by atoms with Crippen LogP contribution < -0.4 is 19.7 Å². The van der Waals surface area contributed by atoms with Crippen molar-refractivity contribution in [3.05, 3.63) is 58.1 Å². The summed E-state index contributed by atoms with van der Waals surface area (Å²) in [7, 11) is 0. The van der Waals surface area contributed by atoms with Gasteiger partial charge in [0.05, 0.1) is 12.3 Å². The average molecular weight is 497 g/mol. The van der Waals surface area contributed by atoms with Crippen LogP contribution in [-0.2, 0) is 9.59 Å². The summed E-state index contributed by atoms with van der Waals surface area (Å²) in [6.07, 6.45) is 8.56. The Morgan fingerprint density at radius 2 is 1.88 bits per heavy atom. The molecule has 0 spiro atoms. The quantitative estimate of drug-likeness (QED) is 0.254. The number of hydrogen-bond donors (Lipinski definition) is 1. The van der Waals surface area contributed by atoms with Crippen LogP contribution in [0.15, 0.2) is 52.5 Å². The zero-order valence-corrected chi connectivity index (χ0v) is 19.0. The second-order valence-corrected chi connectivity index (χ2v) is 7.74. The van der Waals surface area contributed by atoms with Crippen LogP contribution in [0.5, 0.6) is 11.5 Å². The molecule has 1 fully saturated rings. The van der Waals surface area contributed by atoms with E-state index in [1.165, 1.54) is 6.08 Å². The van der Waals surface area contributed by atoms with Gasteiger partial charge in [-0.3, -0.25) is 14.9 Å². The number of benzene rings is 2. The first-order valence-electron chi connectivity index (χ1n) is 9.94. The lowest BCUT2D eigenvalue weighted by Crippen LogP contribution is -2.54. The maximum atomic E-state index is 13.1. The Morgan fingerprint density at radius 1 is 1.12 bits per heavy atom. The van der Waals surface area contributed by atoms with Crippen molar-refractivity contribution < 1.29 is 23.9 Å². The Bertz CT molecular complexity index is 1100. The number of ether oxygens (including phenoxy) is 2. The number of amides is 4. The zero-order chi connectivity index (χ0) is 23.1. The Kier molecular flexibility index (Phi) is 7.68. The molecule has 0 aliphatic carbocycles. The molecule has 1 saturated heterocycles. The maximum Gasteiger partial charge on any atom is 0.335 e. The molecule has 0 saturated carbocycles. The molecule has 0 unspecified atom stereocenters. The molecule has 7 nitrogen and oxygen atoms in total. The topological polar surface area (TPSA) is 84.9 Å². The summed E-state index contributed by atoms with van der Waals surface area (Å²) in [5, 5.41) is 2.21. The van der Waals surface area contributed by atoms with Crippen molar-refractivity contribution in [2.75, 3.05) is 18.1 Å². The summed E-state index contributed by atoms with van der Waals surface area (Å²) in [6.45, 7) is 2.67. The van der Waals surface area contributed by atoms with Gasteiger partial charge in [0.25, 0.3) is 11.8 Å². The highest BCUT2D eigenvalue weighted by Gasteiger charge is 2.37. The van der Waals surface area contributed by atoms with E-state index in [4.69, 9.17) is 15.9 Å². The highest BCUT2D eigenvalue weighted by atomic mass is 79.9. The largest absolute Gasteiger partial charge is 0.494 e. The number of carbonyl (C=O) groups excluding carboxylic acids is 3. The molecule has 0 radical (unpaired) electrons.